The Morgan fingerprint density at radius 3 is 2.68 bits per heavy atom. The lowest BCUT2D eigenvalue weighted by Gasteiger charge is -2.12. The van der Waals surface area contributed by atoms with Crippen LogP contribution in [0.2, 0.25) is 0 Å². The molecule has 98 valence electrons. The Hall–Kier alpha value is -1.87. The third-order valence-corrected chi connectivity index (χ3v) is 3.62. The maximum absolute atomic E-state index is 11.9. The molecule has 0 radical (unpaired) electrons. The molecule has 0 bridgehead atoms. The van der Waals surface area contributed by atoms with Crippen molar-refractivity contribution in [3.05, 3.63) is 58.3 Å². The van der Waals surface area contributed by atoms with Crippen LogP contribution >= 0.6 is 11.3 Å². The Bertz CT molecular complexity index is 570. The van der Waals surface area contributed by atoms with Crippen LogP contribution in [-0.4, -0.2) is 5.91 Å². The highest BCUT2D eigenvalue weighted by atomic mass is 32.1. The Morgan fingerprint density at radius 1 is 1.21 bits per heavy atom. The van der Waals surface area contributed by atoms with Crippen molar-refractivity contribution >= 4 is 29.0 Å². The van der Waals surface area contributed by atoms with Gasteiger partial charge in [0.15, 0.2) is 0 Å². The van der Waals surface area contributed by atoms with E-state index in [0.717, 1.165) is 16.1 Å². The number of amides is 1. The fourth-order valence-corrected chi connectivity index (χ4v) is 2.45. The van der Waals surface area contributed by atoms with Crippen molar-refractivity contribution in [2.75, 3.05) is 5.32 Å². The van der Waals surface area contributed by atoms with Crippen LogP contribution in [0.5, 0.6) is 0 Å². The second-order valence-corrected chi connectivity index (χ2v) is 5.56. The van der Waals surface area contributed by atoms with Crippen molar-refractivity contribution in [2.45, 2.75) is 19.8 Å². The smallest absolute Gasteiger partial charge is 0.248 e. The number of benzene rings is 1. The van der Waals surface area contributed by atoms with Gasteiger partial charge in [0.25, 0.3) is 0 Å². The third kappa shape index (κ3) is 3.80. The second-order valence-electron chi connectivity index (χ2n) is 4.58. The number of para-hydroxylation sites is 1. The molecule has 2 rings (SSSR count). The molecule has 0 aliphatic carbocycles. The molecule has 2 nitrogen and oxygen atoms in total. The van der Waals surface area contributed by atoms with Gasteiger partial charge in [-0.1, -0.05) is 38.1 Å². The fourth-order valence-electron chi connectivity index (χ4n) is 1.83. The summed E-state index contributed by atoms with van der Waals surface area (Å²) in [6.07, 6.45) is 3.40. The van der Waals surface area contributed by atoms with Gasteiger partial charge in [0.1, 0.15) is 0 Å². The van der Waals surface area contributed by atoms with E-state index < -0.39 is 0 Å². The summed E-state index contributed by atoms with van der Waals surface area (Å²) in [5.41, 5.74) is 2.04. The molecule has 1 N–H and O–H groups in total. The van der Waals surface area contributed by atoms with E-state index in [0.29, 0.717) is 5.92 Å². The maximum atomic E-state index is 11.9. The normalized spacial score (nSPS) is 11.1. The van der Waals surface area contributed by atoms with Gasteiger partial charge in [-0.15, -0.1) is 11.3 Å². The molecule has 0 saturated carbocycles. The average Bonchev–Trinajstić information content (AvgIpc) is 2.90. The molecule has 19 heavy (non-hydrogen) atoms. The molecule has 2 aromatic rings. The molecule has 0 fully saturated rings. The molecule has 0 aliphatic heterocycles. The van der Waals surface area contributed by atoms with Gasteiger partial charge in [-0.25, -0.2) is 0 Å². The van der Waals surface area contributed by atoms with Crippen molar-refractivity contribution in [2.24, 2.45) is 0 Å². The summed E-state index contributed by atoms with van der Waals surface area (Å²) in [5.74, 6) is 0.291. The SMILES string of the molecule is CC(C)c1ccccc1NC(=O)C=Cc1cccs1. The van der Waals surface area contributed by atoms with Gasteiger partial charge in [0.05, 0.1) is 0 Å². The lowest BCUT2D eigenvalue weighted by atomic mass is 10.0. The summed E-state index contributed by atoms with van der Waals surface area (Å²) in [6, 6.07) is 11.9. The quantitative estimate of drug-likeness (QED) is 0.814. The standard InChI is InChI=1S/C16H17NOS/c1-12(2)14-7-3-4-8-15(14)17-16(18)10-9-13-6-5-11-19-13/h3-12H,1-2H3,(H,17,18). The summed E-state index contributed by atoms with van der Waals surface area (Å²) in [7, 11) is 0. The van der Waals surface area contributed by atoms with Gasteiger partial charge < -0.3 is 5.32 Å². The average molecular weight is 271 g/mol. The summed E-state index contributed by atoms with van der Waals surface area (Å²) in [5, 5.41) is 4.92. The van der Waals surface area contributed by atoms with E-state index in [1.165, 1.54) is 0 Å². The number of nitrogens with one attached hydrogen (secondary N) is 1. The molecule has 0 aliphatic rings. The number of hydrogen-bond acceptors (Lipinski definition) is 2. The van der Waals surface area contributed by atoms with Gasteiger partial charge in [0, 0.05) is 16.6 Å². The van der Waals surface area contributed by atoms with E-state index in [1.807, 2.05) is 47.9 Å². The van der Waals surface area contributed by atoms with Crippen LogP contribution < -0.4 is 5.32 Å². The fraction of sp³-hybridized carbons (Fsp3) is 0.188. The summed E-state index contributed by atoms with van der Waals surface area (Å²) in [6.45, 7) is 4.24. The van der Waals surface area contributed by atoms with Crippen molar-refractivity contribution in [1.82, 2.24) is 0 Å². The zero-order valence-corrected chi connectivity index (χ0v) is 11.9. The zero-order valence-electron chi connectivity index (χ0n) is 11.1. The van der Waals surface area contributed by atoms with E-state index in [-0.39, 0.29) is 5.91 Å². The van der Waals surface area contributed by atoms with Crippen LogP contribution in [0, 0.1) is 0 Å². The predicted octanol–water partition coefficient (Wildman–Crippen LogP) is 4.52. The summed E-state index contributed by atoms with van der Waals surface area (Å²) >= 11 is 1.61. The third-order valence-electron chi connectivity index (χ3n) is 2.78. The van der Waals surface area contributed by atoms with Crippen molar-refractivity contribution in [3.8, 4) is 0 Å². The number of anilines is 1. The van der Waals surface area contributed by atoms with E-state index in [9.17, 15) is 4.79 Å². The molecule has 0 atom stereocenters. The molecule has 0 spiro atoms. The van der Waals surface area contributed by atoms with Crippen LogP contribution in [0.1, 0.15) is 30.2 Å². The number of thiophene rings is 1. The van der Waals surface area contributed by atoms with Crippen LogP contribution in [0.4, 0.5) is 5.69 Å². The van der Waals surface area contributed by atoms with Crippen LogP contribution in [-0.2, 0) is 4.79 Å². The zero-order chi connectivity index (χ0) is 13.7. The Balaban J connectivity index is 2.07. The minimum atomic E-state index is -0.0958. The van der Waals surface area contributed by atoms with E-state index in [4.69, 9.17) is 0 Å². The molecular weight excluding hydrogens is 254 g/mol. The molecule has 0 unspecified atom stereocenters. The molecular formula is C16H17NOS. The first kappa shape index (κ1) is 13.6. The van der Waals surface area contributed by atoms with Gasteiger partial charge in [-0.2, -0.15) is 0 Å². The number of rotatable bonds is 4. The van der Waals surface area contributed by atoms with Crippen molar-refractivity contribution in [3.63, 3.8) is 0 Å². The van der Waals surface area contributed by atoms with Crippen molar-refractivity contribution in [1.29, 1.82) is 0 Å². The molecule has 1 aromatic carbocycles. The van der Waals surface area contributed by atoms with Gasteiger partial charge in [-0.3, -0.25) is 4.79 Å². The Morgan fingerprint density at radius 2 is 2.00 bits per heavy atom. The largest absolute Gasteiger partial charge is 0.322 e. The number of hydrogen-bond donors (Lipinski definition) is 1. The summed E-state index contributed by atoms with van der Waals surface area (Å²) in [4.78, 5) is 13.0. The lowest BCUT2D eigenvalue weighted by molar-refractivity contribution is -0.111. The molecule has 0 saturated heterocycles. The summed E-state index contributed by atoms with van der Waals surface area (Å²) < 4.78 is 0. The first-order valence-corrected chi connectivity index (χ1v) is 7.16. The molecule has 1 amide bonds. The Kier molecular flexibility index (Phi) is 4.53. The first-order chi connectivity index (χ1) is 9.16. The topological polar surface area (TPSA) is 29.1 Å². The minimum absolute atomic E-state index is 0.0958. The highest BCUT2D eigenvalue weighted by molar-refractivity contribution is 7.10. The predicted molar refractivity (Wildman–Crippen MR) is 82.5 cm³/mol. The first-order valence-electron chi connectivity index (χ1n) is 6.28. The maximum Gasteiger partial charge on any atom is 0.248 e. The van der Waals surface area contributed by atoms with Crippen LogP contribution in [0.3, 0.4) is 0 Å². The number of carbonyl (C=O) groups is 1. The van der Waals surface area contributed by atoms with Crippen LogP contribution in [0.15, 0.2) is 47.9 Å². The number of carbonyl (C=O) groups excluding carboxylic acids is 1. The Labute approximate surface area is 117 Å². The molecule has 1 aromatic heterocycles. The second kappa shape index (κ2) is 6.34. The highest BCUT2D eigenvalue weighted by Crippen LogP contribution is 2.23. The lowest BCUT2D eigenvalue weighted by Crippen LogP contribution is -2.10. The van der Waals surface area contributed by atoms with Gasteiger partial charge >= 0.3 is 0 Å². The molecule has 1 heterocycles. The highest BCUT2D eigenvalue weighted by Gasteiger charge is 2.07. The molecule has 3 heteroatoms. The minimum Gasteiger partial charge on any atom is -0.322 e. The van der Waals surface area contributed by atoms with Crippen LogP contribution in [0.25, 0.3) is 6.08 Å². The van der Waals surface area contributed by atoms with Crippen molar-refractivity contribution < 1.29 is 4.79 Å². The van der Waals surface area contributed by atoms with E-state index in [2.05, 4.69) is 19.2 Å². The van der Waals surface area contributed by atoms with Gasteiger partial charge in [0.2, 0.25) is 5.91 Å². The van der Waals surface area contributed by atoms with E-state index >= 15 is 0 Å². The van der Waals surface area contributed by atoms with Gasteiger partial charge in [-0.05, 0) is 35.1 Å². The monoisotopic (exact) mass is 271 g/mol. The van der Waals surface area contributed by atoms with E-state index in [1.54, 1.807) is 17.4 Å².